The highest BCUT2D eigenvalue weighted by atomic mass is 16.5. The minimum atomic E-state index is -0.624. The Morgan fingerprint density at radius 3 is 2.81 bits per heavy atom. The maximum atomic E-state index is 12.7. The highest BCUT2D eigenvalue weighted by molar-refractivity contribution is 6.05. The molecule has 8 heteroatoms. The zero-order valence-corrected chi connectivity index (χ0v) is 21.3. The van der Waals surface area contributed by atoms with Gasteiger partial charge in [-0.25, -0.2) is 0 Å². The molecule has 1 amide bonds. The van der Waals surface area contributed by atoms with Crippen molar-refractivity contribution in [1.29, 1.82) is 5.26 Å². The number of nitrogens with two attached hydrogens (primary N) is 1. The van der Waals surface area contributed by atoms with Gasteiger partial charge in [-0.15, -0.1) is 6.07 Å². The molecule has 8 nitrogen and oxygen atoms in total. The fourth-order valence-electron chi connectivity index (χ4n) is 3.70. The second-order valence-electron chi connectivity index (χ2n) is 9.06. The number of ether oxygens (including phenoxy) is 1. The molecular weight excluding hydrogens is 452 g/mol. The van der Waals surface area contributed by atoms with E-state index in [0.717, 1.165) is 48.6 Å². The zero-order valence-electron chi connectivity index (χ0n) is 21.3. The van der Waals surface area contributed by atoms with Crippen LogP contribution in [0.15, 0.2) is 54.9 Å². The molecule has 1 fully saturated rings. The molecule has 4 N–H and O–H groups in total. The fourth-order valence-corrected chi connectivity index (χ4v) is 3.70. The summed E-state index contributed by atoms with van der Waals surface area (Å²) in [5, 5.41) is 17.7. The molecule has 0 bridgehead atoms. The van der Waals surface area contributed by atoms with E-state index >= 15 is 0 Å². The Morgan fingerprint density at radius 1 is 1.31 bits per heavy atom. The van der Waals surface area contributed by atoms with Crippen LogP contribution in [0.4, 0.5) is 5.69 Å². The number of nitrogens with zero attached hydrogens (tertiary/aromatic N) is 3. The molecule has 2 heterocycles. The molecule has 4 rings (SSSR count). The molecule has 1 saturated heterocycles. The molecule has 188 valence electrons. The second-order valence-corrected chi connectivity index (χ2v) is 9.06. The van der Waals surface area contributed by atoms with Crippen LogP contribution < -0.4 is 16.0 Å². The first-order valence-corrected chi connectivity index (χ1v) is 12.1. The van der Waals surface area contributed by atoms with Gasteiger partial charge in [0, 0.05) is 11.3 Å². The normalized spacial score (nSPS) is 15.2. The Labute approximate surface area is 213 Å². The molecule has 1 aliphatic heterocycles. The van der Waals surface area contributed by atoms with Crippen LogP contribution in [0.3, 0.4) is 0 Å². The minimum absolute atomic E-state index is 0.221. The van der Waals surface area contributed by atoms with Gasteiger partial charge in [-0.1, -0.05) is 48.5 Å². The number of likely N-dealkylation sites (N-methyl/N-ethyl adjacent to an activating group) is 1. The SMILES string of the molecule is CCNC1C[NH2+]CCO1.Cc1ccc(C(=O)Nc2cccc(C(C)(C)C#N)c2)cc1-c1c[c-]ncn1. The average molecular weight is 487 g/mol. The Morgan fingerprint density at radius 2 is 2.14 bits per heavy atom. The van der Waals surface area contributed by atoms with Crippen LogP contribution in [0.25, 0.3) is 11.3 Å². The van der Waals surface area contributed by atoms with Crippen molar-refractivity contribution in [2.24, 2.45) is 0 Å². The number of amides is 1. The van der Waals surface area contributed by atoms with Crippen molar-refractivity contribution < 1.29 is 14.8 Å². The van der Waals surface area contributed by atoms with Gasteiger partial charge in [0.1, 0.15) is 6.54 Å². The number of carbonyl (C=O) groups excluding carboxylic acids is 1. The third kappa shape index (κ3) is 7.43. The van der Waals surface area contributed by atoms with Crippen LogP contribution in [0, 0.1) is 24.5 Å². The van der Waals surface area contributed by atoms with Crippen LogP contribution in [-0.4, -0.2) is 48.3 Å². The maximum absolute atomic E-state index is 12.7. The Kier molecular flexibility index (Phi) is 9.65. The van der Waals surface area contributed by atoms with Gasteiger partial charge in [0.2, 0.25) is 0 Å². The number of aryl methyl sites for hydroxylation is 1. The number of hydrogen-bond donors (Lipinski definition) is 3. The van der Waals surface area contributed by atoms with Gasteiger partial charge >= 0.3 is 0 Å². The van der Waals surface area contributed by atoms with Crippen molar-refractivity contribution in [1.82, 2.24) is 15.3 Å². The molecule has 0 aliphatic carbocycles. The molecule has 0 spiro atoms. The van der Waals surface area contributed by atoms with Crippen LogP contribution in [-0.2, 0) is 10.2 Å². The van der Waals surface area contributed by atoms with E-state index < -0.39 is 5.41 Å². The summed E-state index contributed by atoms with van der Waals surface area (Å²) in [5.74, 6) is -0.221. The third-order valence-corrected chi connectivity index (χ3v) is 5.88. The first kappa shape index (κ1) is 27.0. The minimum Gasteiger partial charge on any atom is -0.376 e. The summed E-state index contributed by atoms with van der Waals surface area (Å²) in [6, 6.07) is 16.8. The largest absolute Gasteiger partial charge is 0.376 e. The maximum Gasteiger partial charge on any atom is 0.255 e. The summed E-state index contributed by atoms with van der Waals surface area (Å²) in [4.78, 5) is 20.8. The quantitative estimate of drug-likeness (QED) is 0.462. The van der Waals surface area contributed by atoms with Gasteiger partial charge in [-0.3, -0.25) is 10.1 Å². The number of carbonyl (C=O) groups is 1. The van der Waals surface area contributed by atoms with E-state index in [0.29, 0.717) is 17.5 Å². The monoisotopic (exact) mass is 486 g/mol. The first-order chi connectivity index (χ1) is 17.3. The topological polar surface area (TPSA) is 117 Å². The molecular formula is C28H34N6O2. The molecule has 0 saturated carbocycles. The number of rotatable bonds is 6. The summed E-state index contributed by atoms with van der Waals surface area (Å²) in [7, 11) is 0. The number of morpholine rings is 1. The highest BCUT2D eigenvalue weighted by Crippen LogP contribution is 2.26. The molecule has 1 unspecified atom stereocenters. The van der Waals surface area contributed by atoms with Gasteiger partial charge < -0.3 is 25.3 Å². The average Bonchev–Trinajstić information content (AvgIpc) is 2.91. The van der Waals surface area contributed by atoms with E-state index in [1.807, 2.05) is 57.2 Å². The van der Waals surface area contributed by atoms with Crippen LogP contribution in [0.2, 0.25) is 0 Å². The number of hydrogen-bond acceptors (Lipinski definition) is 6. The van der Waals surface area contributed by atoms with Gasteiger partial charge in [0.05, 0.1) is 24.6 Å². The number of aromatic nitrogens is 2. The first-order valence-electron chi connectivity index (χ1n) is 12.1. The number of quaternary nitrogens is 1. The smallest absolute Gasteiger partial charge is 0.255 e. The lowest BCUT2D eigenvalue weighted by Gasteiger charge is -2.20. The number of benzene rings is 2. The molecule has 36 heavy (non-hydrogen) atoms. The predicted molar refractivity (Wildman–Crippen MR) is 139 cm³/mol. The Bertz CT molecular complexity index is 1180. The Balaban J connectivity index is 0.000000338. The van der Waals surface area contributed by atoms with E-state index in [-0.39, 0.29) is 5.91 Å². The van der Waals surface area contributed by atoms with Gasteiger partial charge in [-0.2, -0.15) is 5.26 Å². The van der Waals surface area contributed by atoms with Crippen LogP contribution in [0.5, 0.6) is 0 Å². The summed E-state index contributed by atoms with van der Waals surface area (Å²) < 4.78 is 5.38. The van der Waals surface area contributed by atoms with Crippen molar-refractivity contribution >= 4 is 11.6 Å². The standard InChI is InChI=1S/C22H19N4O.C6H14N2O/c1-15-7-8-16(11-19(15)20-9-10-24-14-25-20)21(27)26-18-6-4-5-17(12-18)22(2,3)13-23;1-2-8-6-5-7-3-4-9-6/h4-9,11-12,14H,1-3H3,(H,26,27);6-8H,2-5H2,1H3/q-1;/p+1. The third-order valence-electron chi connectivity index (χ3n) is 5.88. The second kappa shape index (κ2) is 12.9. The summed E-state index contributed by atoms with van der Waals surface area (Å²) in [5.41, 5.74) is 4.00. The van der Waals surface area contributed by atoms with E-state index in [9.17, 15) is 10.1 Å². The predicted octanol–water partition coefficient (Wildman–Crippen LogP) is 2.82. The molecule has 0 radical (unpaired) electrons. The summed E-state index contributed by atoms with van der Waals surface area (Å²) >= 11 is 0. The number of nitrogens with one attached hydrogen (secondary N) is 2. The lowest BCUT2D eigenvalue weighted by Crippen LogP contribution is -2.90. The van der Waals surface area contributed by atoms with E-state index in [2.05, 4.69) is 45.1 Å². The molecule has 2 aromatic carbocycles. The van der Waals surface area contributed by atoms with Gasteiger partial charge in [-0.05, 0) is 63.1 Å². The van der Waals surface area contributed by atoms with Gasteiger partial charge in [0.15, 0.2) is 6.23 Å². The zero-order chi connectivity index (χ0) is 26.0. The highest BCUT2D eigenvalue weighted by Gasteiger charge is 2.20. The lowest BCUT2D eigenvalue weighted by atomic mass is 9.86. The summed E-state index contributed by atoms with van der Waals surface area (Å²) in [6.45, 7) is 11.8. The summed E-state index contributed by atoms with van der Waals surface area (Å²) in [6.07, 6.45) is 4.49. The number of anilines is 1. The Hall–Kier alpha value is -3.64. The van der Waals surface area contributed by atoms with Gasteiger partial charge in [0.25, 0.3) is 5.91 Å². The van der Waals surface area contributed by atoms with Crippen LogP contribution in [0.1, 0.15) is 42.3 Å². The lowest BCUT2D eigenvalue weighted by molar-refractivity contribution is -0.678. The van der Waals surface area contributed by atoms with E-state index in [1.165, 1.54) is 6.33 Å². The van der Waals surface area contributed by atoms with Crippen molar-refractivity contribution in [2.45, 2.75) is 39.3 Å². The number of nitriles is 1. The van der Waals surface area contributed by atoms with Crippen molar-refractivity contribution in [3.05, 3.63) is 77.7 Å². The van der Waals surface area contributed by atoms with E-state index in [4.69, 9.17) is 4.74 Å². The van der Waals surface area contributed by atoms with E-state index in [1.54, 1.807) is 12.1 Å². The van der Waals surface area contributed by atoms with Crippen molar-refractivity contribution in [2.75, 3.05) is 31.6 Å². The fraction of sp³-hybridized carbons (Fsp3) is 0.357. The van der Waals surface area contributed by atoms with Crippen molar-refractivity contribution in [3.8, 4) is 17.3 Å². The molecule has 1 atom stereocenters. The molecule has 1 aliphatic rings. The molecule has 1 aromatic heterocycles. The molecule has 3 aromatic rings. The van der Waals surface area contributed by atoms with Crippen molar-refractivity contribution in [3.63, 3.8) is 0 Å². The van der Waals surface area contributed by atoms with Crippen LogP contribution >= 0.6 is 0 Å².